The first-order valence-corrected chi connectivity index (χ1v) is 4.40. The van der Waals surface area contributed by atoms with Crippen molar-refractivity contribution in [3.63, 3.8) is 0 Å². The maximum Gasteiger partial charge on any atom is 0.235 e. The van der Waals surface area contributed by atoms with Crippen molar-refractivity contribution in [1.29, 1.82) is 0 Å². The lowest BCUT2D eigenvalue weighted by molar-refractivity contribution is -0.400. The van der Waals surface area contributed by atoms with Gasteiger partial charge in [0.05, 0.1) is 4.92 Å². The topological polar surface area (TPSA) is 61.0 Å². The lowest BCUT2D eigenvalue weighted by atomic mass is 10.2. The van der Waals surface area contributed by atoms with Gasteiger partial charge in [0.2, 0.25) is 6.20 Å². The van der Waals surface area contributed by atoms with Crippen LogP contribution in [0.1, 0.15) is 5.56 Å². The molecule has 2 aromatic heterocycles. The predicted octanol–water partition coefficient (Wildman–Crippen LogP) is 1.82. The van der Waals surface area contributed by atoms with Crippen molar-refractivity contribution < 1.29 is 4.92 Å². The molecular formula is C10H9N3O2. The monoisotopic (exact) mass is 203 g/mol. The van der Waals surface area contributed by atoms with Crippen molar-refractivity contribution in [3.05, 3.63) is 46.4 Å². The van der Waals surface area contributed by atoms with Gasteiger partial charge in [-0.3, -0.25) is 10.1 Å². The summed E-state index contributed by atoms with van der Waals surface area (Å²) in [6.07, 6.45) is 5.92. The van der Waals surface area contributed by atoms with Gasteiger partial charge < -0.3 is 4.57 Å². The molecule has 0 atom stereocenters. The predicted molar refractivity (Wildman–Crippen MR) is 56.7 cm³/mol. The van der Waals surface area contributed by atoms with Crippen molar-refractivity contribution in [2.75, 3.05) is 0 Å². The molecule has 0 aliphatic rings. The van der Waals surface area contributed by atoms with Crippen molar-refractivity contribution in [2.24, 2.45) is 7.05 Å². The first-order valence-electron chi connectivity index (χ1n) is 4.40. The van der Waals surface area contributed by atoms with Crippen LogP contribution in [0.3, 0.4) is 0 Å². The molecule has 2 aromatic rings. The number of aryl methyl sites for hydroxylation is 1. The fourth-order valence-corrected chi connectivity index (χ4v) is 1.52. The van der Waals surface area contributed by atoms with Crippen molar-refractivity contribution in [2.45, 2.75) is 0 Å². The van der Waals surface area contributed by atoms with E-state index in [-0.39, 0.29) is 0 Å². The number of pyridine rings is 1. The molecule has 15 heavy (non-hydrogen) atoms. The number of hydrogen-bond acceptors (Lipinski definition) is 3. The first-order chi connectivity index (χ1) is 7.18. The Morgan fingerprint density at radius 1 is 1.60 bits per heavy atom. The highest BCUT2D eigenvalue weighted by atomic mass is 16.6. The Morgan fingerprint density at radius 2 is 2.40 bits per heavy atom. The van der Waals surface area contributed by atoms with Gasteiger partial charge in [-0.1, -0.05) is 0 Å². The van der Waals surface area contributed by atoms with Gasteiger partial charge in [0.15, 0.2) is 0 Å². The molecule has 5 heteroatoms. The number of aromatic nitrogens is 2. The van der Waals surface area contributed by atoms with E-state index in [1.54, 1.807) is 6.20 Å². The molecule has 0 unspecified atom stereocenters. The standard InChI is InChI=1S/C10H9N3O2/c1-12-7-8(4-6-13(14)15)9-3-2-5-11-10(9)12/h2-7H,1H3. The molecule has 0 aliphatic heterocycles. The molecule has 0 fully saturated rings. The molecular weight excluding hydrogens is 194 g/mol. The maximum absolute atomic E-state index is 10.2. The minimum absolute atomic E-state index is 0.477. The fourth-order valence-electron chi connectivity index (χ4n) is 1.52. The highest BCUT2D eigenvalue weighted by Crippen LogP contribution is 2.19. The van der Waals surface area contributed by atoms with E-state index in [4.69, 9.17) is 0 Å². The molecule has 5 nitrogen and oxygen atoms in total. The van der Waals surface area contributed by atoms with Crippen LogP contribution in [-0.4, -0.2) is 14.5 Å². The van der Waals surface area contributed by atoms with E-state index in [9.17, 15) is 10.1 Å². The quantitative estimate of drug-likeness (QED) is 0.552. The summed E-state index contributed by atoms with van der Waals surface area (Å²) < 4.78 is 1.84. The Balaban J connectivity index is 2.57. The van der Waals surface area contributed by atoms with Crippen LogP contribution >= 0.6 is 0 Å². The molecule has 0 saturated heterocycles. The smallest absolute Gasteiger partial charge is 0.235 e. The molecule has 0 N–H and O–H groups in total. The zero-order valence-corrected chi connectivity index (χ0v) is 8.12. The molecule has 0 aromatic carbocycles. The highest BCUT2D eigenvalue weighted by molar-refractivity contribution is 5.86. The van der Waals surface area contributed by atoms with E-state index >= 15 is 0 Å². The van der Waals surface area contributed by atoms with Crippen LogP contribution in [0, 0.1) is 10.1 Å². The van der Waals surface area contributed by atoms with Crippen LogP contribution in [0.15, 0.2) is 30.7 Å². The van der Waals surface area contributed by atoms with Gasteiger partial charge in [0, 0.05) is 36.5 Å². The molecule has 2 rings (SSSR count). The summed E-state index contributed by atoms with van der Waals surface area (Å²) >= 11 is 0. The van der Waals surface area contributed by atoms with Crippen molar-refractivity contribution in [3.8, 4) is 0 Å². The Hall–Kier alpha value is -2.17. The third kappa shape index (κ3) is 1.71. The van der Waals surface area contributed by atoms with E-state index in [1.165, 1.54) is 6.08 Å². The lowest BCUT2D eigenvalue weighted by Crippen LogP contribution is -1.85. The largest absolute Gasteiger partial charge is 0.335 e. The average Bonchev–Trinajstić information content (AvgIpc) is 2.54. The second kappa shape index (κ2) is 3.53. The molecule has 0 saturated carbocycles. The highest BCUT2D eigenvalue weighted by Gasteiger charge is 2.04. The summed E-state index contributed by atoms with van der Waals surface area (Å²) in [5.74, 6) is 0. The Bertz CT molecular complexity index is 543. The van der Waals surface area contributed by atoms with Gasteiger partial charge in [-0.15, -0.1) is 0 Å². The lowest BCUT2D eigenvalue weighted by Gasteiger charge is -1.91. The minimum Gasteiger partial charge on any atom is -0.335 e. The van der Waals surface area contributed by atoms with Crippen molar-refractivity contribution in [1.82, 2.24) is 9.55 Å². The molecule has 0 amide bonds. The van der Waals surface area contributed by atoms with Crippen LogP contribution in [0.2, 0.25) is 0 Å². The summed E-state index contributed by atoms with van der Waals surface area (Å²) in [7, 11) is 1.86. The van der Waals surface area contributed by atoms with E-state index in [1.807, 2.05) is 29.9 Å². The van der Waals surface area contributed by atoms with Crippen molar-refractivity contribution >= 4 is 17.1 Å². The van der Waals surface area contributed by atoms with Crippen LogP contribution < -0.4 is 0 Å². The molecule has 0 aliphatic carbocycles. The first kappa shape index (κ1) is 9.39. The normalized spacial score (nSPS) is 11.3. The van der Waals surface area contributed by atoms with Crippen LogP contribution in [-0.2, 0) is 7.05 Å². The van der Waals surface area contributed by atoms with Gasteiger partial charge in [-0.2, -0.15) is 0 Å². The maximum atomic E-state index is 10.2. The van der Waals surface area contributed by atoms with Gasteiger partial charge in [0.1, 0.15) is 5.65 Å². The van der Waals surface area contributed by atoms with Gasteiger partial charge in [-0.25, -0.2) is 4.98 Å². The second-order valence-electron chi connectivity index (χ2n) is 3.17. The fraction of sp³-hybridized carbons (Fsp3) is 0.100. The molecule has 2 heterocycles. The SMILES string of the molecule is Cn1cc(C=C[N+](=O)[O-])c2cccnc21. The minimum atomic E-state index is -0.477. The zero-order chi connectivity index (χ0) is 10.8. The van der Waals surface area contributed by atoms with Crippen LogP contribution in [0.4, 0.5) is 0 Å². The number of nitro groups is 1. The van der Waals surface area contributed by atoms with Crippen LogP contribution in [0.25, 0.3) is 17.1 Å². The average molecular weight is 203 g/mol. The summed E-state index contributed by atoms with van der Waals surface area (Å²) in [5.41, 5.74) is 1.62. The van der Waals surface area contributed by atoms with Gasteiger partial charge in [-0.05, 0) is 12.1 Å². The summed E-state index contributed by atoms with van der Waals surface area (Å²) in [4.78, 5) is 13.9. The number of nitrogens with zero attached hydrogens (tertiary/aromatic N) is 3. The second-order valence-corrected chi connectivity index (χ2v) is 3.17. The summed E-state index contributed by atoms with van der Waals surface area (Å²) in [5, 5.41) is 11.1. The molecule has 0 bridgehead atoms. The molecule has 0 spiro atoms. The zero-order valence-electron chi connectivity index (χ0n) is 8.12. The summed E-state index contributed by atoms with van der Waals surface area (Å²) in [6.45, 7) is 0. The third-order valence-electron chi connectivity index (χ3n) is 2.14. The summed E-state index contributed by atoms with van der Waals surface area (Å²) in [6, 6.07) is 3.70. The Labute approximate surface area is 85.8 Å². The number of rotatable bonds is 2. The van der Waals surface area contributed by atoms with Gasteiger partial charge >= 0.3 is 0 Å². The Morgan fingerprint density at radius 3 is 3.13 bits per heavy atom. The van der Waals surface area contributed by atoms with Gasteiger partial charge in [0.25, 0.3) is 0 Å². The van der Waals surface area contributed by atoms with E-state index < -0.39 is 4.92 Å². The Kier molecular flexibility index (Phi) is 2.21. The number of hydrogen-bond donors (Lipinski definition) is 0. The van der Waals surface area contributed by atoms with E-state index in [0.29, 0.717) is 0 Å². The third-order valence-corrected chi connectivity index (χ3v) is 2.14. The van der Waals surface area contributed by atoms with Crippen LogP contribution in [0.5, 0.6) is 0 Å². The molecule has 76 valence electrons. The molecule has 0 radical (unpaired) electrons. The number of fused-ring (bicyclic) bond motifs is 1. The van der Waals surface area contributed by atoms with E-state index in [2.05, 4.69) is 4.98 Å². The van der Waals surface area contributed by atoms with E-state index in [0.717, 1.165) is 22.8 Å².